The van der Waals surface area contributed by atoms with Gasteiger partial charge in [-0.25, -0.2) is 4.21 Å². The van der Waals surface area contributed by atoms with E-state index in [2.05, 4.69) is 50.4 Å². The van der Waals surface area contributed by atoms with E-state index in [1.807, 2.05) is 0 Å². The molecule has 3 nitrogen and oxygen atoms in total. The number of aryl methyl sites for hydroxylation is 1. The van der Waals surface area contributed by atoms with Crippen LogP contribution in [0, 0.1) is 6.92 Å². The lowest BCUT2D eigenvalue weighted by molar-refractivity contribution is 0.386. The van der Waals surface area contributed by atoms with Gasteiger partial charge in [-0.1, -0.05) is 24.3 Å². The number of benzene rings is 1. The fraction of sp³-hybridized carbons (Fsp3) is 0.571. The van der Waals surface area contributed by atoms with Crippen LogP contribution in [0.2, 0.25) is 0 Å². The molecule has 0 aliphatic rings. The zero-order valence-electron chi connectivity index (χ0n) is 11.4. The molecular weight excluding hydrogens is 246 g/mol. The second-order valence-electron chi connectivity index (χ2n) is 5.29. The summed E-state index contributed by atoms with van der Waals surface area (Å²) in [4.78, 5) is 0. The van der Waals surface area contributed by atoms with E-state index in [0.29, 0.717) is 5.75 Å². The Morgan fingerprint density at radius 2 is 2.00 bits per heavy atom. The molecule has 1 aromatic carbocycles. The summed E-state index contributed by atoms with van der Waals surface area (Å²) in [6, 6.07) is 8.39. The first-order chi connectivity index (χ1) is 8.41. The minimum Gasteiger partial charge on any atom is -0.311 e. The van der Waals surface area contributed by atoms with Gasteiger partial charge in [-0.3, -0.25) is 0 Å². The molecule has 1 atom stereocenters. The predicted octanol–water partition coefficient (Wildman–Crippen LogP) is 2.52. The van der Waals surface area contributed by atoms with Crippen molar-refractivity contribution in [3.8, 4) is 0 Å². The van der Waals surface area contributed by atoms with Gasteiger partial charge in [0.25, 0.3) is 0 Å². The van der Waals surface area contributed by atoms with Crippen LogP contribution in [0.5, 0.6) is 0 Å². The van der Waals surface area contributed by atoms with Crippen molar-refractivity contribution in [3.63, 3.8) is 0 Å². The van der Waals surface area contributed by atoms with Gasteiger partial charge in [-0.2, -0.15) is 0 Å². The van der Waals surface area contributed by atoms with E-state index in [0.717, 1.165) is 19.4 Å². The first-order valence-electron chi connectivity index (χ1n) is 6.28. The van der Waals surface area contributed by atoms with Gasteiger partial charge in [-0.15, -0.1) is 0 Å². The van der Waals surface area contributed by atoms with E-state index in [9.17, 15) is 4.21 Å². The van der Waals surface area contributed by atoms with E-state index in [-0.39, 0.29) is 5.54 Å². The zero-order valence-corrected chi connectivity index (χ0v) is 12.2. The van der Waals surface area contributed by atoms with E-state index >= 15 is 0 Å². The molecule has 0 amide bonds. The molecular formula is C14H23NO2S. The molecule has 0 aliphatic carbocycles. The van der Waals surface area contributed by atoms with Gasteiger partial charge in [0.1, 0.15) is 0 Å². The monoisotopic (exact) mass is 269 g/mol. The Morgan fingerprint density at radius 3 is 2.61 bits per heavy atom. The van der Waals surface area contributed by atoms with Crippen molar-refractivity contribution < 1.29 is 8.76 Å². The van der Waals surface area contributed by atoms with Crippen molar-refractivity contribution in [2.75, 3.05) is 12.3 Å². The van der Waals surface area contributed by atoms with Crippen molar-refractivity contribution in [1.82, 2.24) is 5.32 Å². The van der Waals surface area contributed by atoms with Crippen LogP contribution >= 0.6 is 0 Å². The summed E-state index contributed by atoms with van der Waals surface area (Å²) in [6.45, 7) is 7.22. The van der Waals surface area contributed by atoms with Gasteiger partial charge in [0.2, 0.25) is 0 Å². The molecule has 0 spiro atoms. The van der Waals surface area contributed by atoms with Crippen LogP contribution in [0.4, 0.5) is 0 Å². The normalized spacial score (nSPS) is 13.6. The molecule has 0 heterocycles. The zero-order chi connectivity index (χ0) is 13.6. The lowest BCUT2D eigenvalue weighted by Crippen LogP contribution is -2.42. The summed E-state index contributed by atoms with van der Waals surface area (Å²) in [6.07, 6.45) is 1.68. The van der Waals surface area contributed by atoms with E-state index in [1.54, 1.807) is 0 Å². The Bertz CT molecular complexity index is 405. The fourth-order valence-corrected chi connectivity index (χ4v) is 2.36. The summed E-state index contributed by atoms with van der Waals surface area (Å²) < 4.78 is 19.2. The molecule has 0 saturated heterocycles. The van der Waals surface area contributed by atoms with Crippen molar-refractivity contribution >= 4 is 11.1 Å². The van der Waals surface area contributed by atoms with Crippen LogP contribution in [-0.4, -0.2) is 26.6 Å². The lowest BCUT2D eigenvalue weighted by atomic mass is 9.92. The molecule has 4 heteroatoms. The summed E-state index contributed by atoms with van der Waals surface area (Å²) in [7, 11) is 0. The van der Waals surface area contributed by atoms with Crippen LogP contribution in [0.25, 0.3) is 0 Å². The van der Waals surface area contributed by atoms with Crippen LogP contribution in [0.3, 0.4) is 0 Å². The largest absolute Gasteiger partial charge is 0.311 e. The van der Waals surface area contributed by atoms with E-state index in [1.165, 1.54) is 11.1 Å². The fourth-order valence-electron chi connectivity index (χ4n) is 1.97. The Balaban J connectivity index is 2.44. The Kier molecular flexibility index (Phi) is 5.99. The van der Waals surface area contributed by atoms with Gasteiger partial charge in [0.05, 0.1) is 5.75 Å². The Labute approximate surface area is 112 Å². The number of nitrogens with one attached hydrogen (secondary N) is 1. The third kappa shape index (κ3) is 5.76. The van der Waals surface area contributed by atoms with Crippen molar-refractivity contribution in [3.05, 3.63) is 35.4 Å². The van der Waals surface area contributed by atoms with Gasteiger partial charge in [-0.05, 0) is 51.3 Å². The molecule has 18 heavy (non-hydrogen) atoms. The second-order valence-corrected chi connectivity index (χ2v) is 6.34. The molecule has 0 fully saturated rings. The van der Waals surface area contributed by atoms with E-state index in [4.69, 9.17) is 4.55 Å². The Hall–Kier alpha value is -0.710. The average Bonchev–Trinajstić information content (AvgIpc) is 2.27. The first kappa shape index (κ1) is 15.3. The maximum atomic E-state index is 10.5. The number of hydrogen-bond acceptors (Lipinski definition) is 2. The molecule has 0 radical (unpaired) electrons. The van der Waals surface area contributed by atoms with Gasteiger partial charge in [0, 0.05) is 5.54 Å². The minimum atomic E-state index is -1.68. The quantitative estimate of drug-likeness (QED) is 0.591. The van der Waals surface area contributed by atoms with Crippen molar-refractivity contribution in [2.45, 2.75) is 39.2 Å². The summed E-state index contributed by atoms with van der Waals surface area (Å²) in [5.41, 5.74) is 2.66. The molecule has 0 saturated carbocycles. The molecule has 1 aromatic rings. The molecule has 1 rings (SSSR count). The van der Waals surface area contributed by atoms with Gasteiger partial charge >= 0.3 is 0 Å². The highest BCUT2D eigenvalue weighted by Crippen LogP contribution is 2.16. The molecule has 0 aliphatic heterocycles. The van der Waals surface area contributed by atoms with Crippen molar-refractivity contribution in [2.24, 2.45) is 0 Å². The summed E-state index contributed by atoms with van der Waals surface area (Å²) in [5.74, 6) is 0.341. The van der Waals surface area contributed by atoms with Crippen LogP contribution in [0.1, 0.15) is 31.4 Å². The van der Waals surface area contributed by atoms with Crippen molar-refractivity contribution in [1.29, 1.82) is 0 Å². The van der Waals surface area contributed by atoms with Gasteiger partial charge < -0.3 is 9.87 Å². The number of rotatable bonds is 7. The van der Waals surface area contributed by atoms with Crippen LogP contribution < -0.4 is 5.32 Å². The molecule has 0 aromatic heterocycles. The van der Waals surface area contributed by atoms with Crippen LogP contribution in [0.15, 0.2) is 24.3 Å². The summed E-state index contributed by atoms with van der Waals surface area (Å²) >= 11 is -1.68. The maximum Gasteiger partial charge on any atom is 0.152 e. The topological polar surface area (TPSA) is 49.3 Å². The second kappa shape index (κ2) is 7.02. The molecule has 102 valence electrons. The van der Waals surface area contributed by atoms with Gasteiger partial charge in [0.15, 0.2) is 11.1 Å². The molecule has 2 N–H and O–H groups in total. The SMILES string of the molecule is Cc1ccccc1CC(C)(C)NCCCS(=O)O. The standard InChI is InChI=1S/C14H23NO2S/c1-12-7-4-5-8-13(12)11-14(2,3)15-9-6-10-18(16)17/h4-5,7-8,15H,6,9-11H2,1-3H3,(H,16,17). The van der Waals surface area contributed by atoms with Crippen LogP contribution in [-0.2, 0) is 17.5 Å². The average molecular weight is 269 g/mol. The summed E-state index contributed by atoms with van der Waals surface area (Å²) in [5, 5.41) is 3.44. The highest BCUT2D eigenvalue weighted by Gasteiger charge is 2.18. The lowest BCUT2D eigenvalue weighted by Gasteiger charge is -2.27. The third-order valence-electron chi connectivity index (χ3n) is 2.99. The third-order valence-corrected chi connectivity index (χ3v) is 3.63. The molecule has 0 bridgehead atoms. The Morgan fingerprint density at radius 1 is 1.33 bits per heavy atom. The smallest absolute Gasteiger partial charge is 0.152 e. The maximum absolute atomic E-state index is 10.5. The van der Waals surface area contributed by atoms with E-state index < -0.39 is 11.1 Å². The first-order valence-corrected chi connectivity index (χ1v) is 7.55. The number of hydrogen-bond donors (Lipinski definition) is 2. The highest BCUT2D eigenvalue weighted by atomic mass is 32.2. The predicted molar refractivity (Wildman–Crippen MR) is 77.2 cm³/mol. The highest BCUT2D eigenvalue weighted by molar-refractivity contribution is 7.79. The minimum absolute atomic E-state index is 0.00304. The molecule has 1 unspecified atom stereocenters.